The molecule has 67 valence electrons. The quantitative estimate of drug-likeness (QED) is 0.516. The Hall–Kier alpha value is -0.0400. The van der Waals surface area contributed by atoms with Gasteiger partial charge in [-0.2, -0.15) is 0 Å². The minimum absolute atomic E-state index is 0.820. The maximum absolute atomic E-state index is 5.32. The molecule has 1 nitrogen and oxygen atoms in total. The molecular formula is C10H21O. The molecule has 0 aliphatic rings. The highest BCUT2D eigenvalue weighted by Crippen LogP contribution is 2.08. The first kappa shape index (κ1) is 11.0. The second-order valence-corrected chi connectivity index (χ2v) is 3.12. The van der Waals surface area contributed by atoms with Crippen molar-refractivity contribution in [2.75, 3.05) is 13.2 Å². The molecule has 0 aromatic carbocycles. The smallest absolute Gasteiger partial charge is 0.0466 e. The van der Waals surface area contributed by atoms with E-state index in [2.05, 4.69) is 20.8 Å². The van der Waals surface area contributed by atoms with E-state index < -0.39 is 0 Å². The molecular weight excluding hydrogens is 136 g/mol. The van der Waals surface area contributed by atoms with E-state index in [-0.39, 0.29) is 0 Å². The van der Waals surface area contributed by atoms with Gasteiger partial charge in [-0.15, -0.1) is 0 Å². The highest BCUT2D eigenvalue weighted by Gasteiger charge is 1.97. The maximum Gasteiger partial charge on any atom is 0.0466 e. The van der Waals surface area contributed by atoms with Crippen molar-refractivity contribution in [1.82, 2.24) is 0 Å². The third-order valence-electron chi connectivity index (χ3n) is 1.97. The van der Waals surface area contributed by atoms with E-state index in [1.807, 2.05) is 0 Å². The summed E-state index contributed by atoms with van der Waals surface area (Å²) in [6.07, 6.45) is 4.68. The molecule has 0 rings (SSSR count). The van der Waals surface area contributed by atoms with Crippen molar-refractivity contribution in [3.05, 3.63) is 6.92 Å². The highest BCUT2D eigenvalue weighted by atomic mass is 16.5. The van der Waals surface area contributed by atoms with Crippen LogP contribution in [0.15, 0.2) is 0 Å². The lowest BCUT2D eigenvalue weighted by molar-refractivity contribution is 0.131. The van der Waals surface area contributed by atoms with Crippen LogP contribution in [-0.4, -0.2) is 13.2 Å². The number of hydrogen-bond acceptors (Lipinski definition) is 1. The van der Waals surface area contributed by atoms with Crippen LogP contribution in [0.2, 0.25) is 0 Å². The van der Waals surface area contributed by atoms with Crippen LogP contribution in [0.25, 0.3) is 0 Å². The molecule has 1 atom stereocenters. The normalized spacial score (nSPS) is 13.4. The van der Waals surface area contributed by atoms with Crippen molar-refractivity contribution in [1.29, 1.82) is 0 Å². The van der Waals surface area contributed by atoms with Gasteiger partial charge in [0.25, 0.3) is 0 Å². The molecule has 1 heteroatoms. The van der Waals surface area contributed by atoms with Crippen LogP contribution in [0.1, 0.15) is 39.5 Å². The summed E-state index contributed by atoms with van der Waals surface area (Å²) in [7, 11) is 0. The summed E-state index contributed by atoms with van der Waals surface area (Å²) < 4.78 is 5.32. The minimum atomic E-state index is 0.820. The predicted molar refractivity (Wildman–Crippen MR) is 49.5 cm³/mol. The van der Waals surface area contributed by atoms with Crippen LogP contribution in [0.3, 0.4) is 0 Å². The molecule has 0 saturated carbocycles. The van der Waals surface area contributed by atoms with Crippen molar-refractivity contribution in [3.63, 3.8) is 0 Å². The number of hydrogen-bond donors (Lipinski definition) is 0. The molecule has 0 saturated heterocycles. The van der Waals surface area contributed by atoms with Crippen LogP contribution < -0.4 is 0 Å². The number of ether oxygens (including phenoxy) is 1. The summed E-state index contributed by atoms with van der Waals surface area (Å²) in [6.45, 7) is 9.98. The van der Waals surface area contributed by atoms with Crippen LogP contribution in [0.5, 0.6) is 0 Å². The first-order chi connectivity index (χ1) is 5.31. The van der Waals surface area contributed by atoms with E-state index in [1.165, 1.54) is 19.3 Å². The lowest BCUT2D eigenvalue weighted by atomic mass is 10.0. The van der Waals surface area contributed by atoms with Crippen LogP contribution in [0, 0.1) is 12.8 Å². The molecule has 1 unspecified atom stereocenters. The van der Waals surface area contributed by atoms with Gasteiger partial charge >= 0.3 is 0 Å². The molecule has 0 aliphatic carbocycles. The van der Waals surface area contributed by atoms with Gasteiger partial charge in [-0.05, 0) is 25.2 Å². The third kappa shape index (κ3) is 7.86. The van der Waals surface area contributed by atoms with Gasteiger partial charge in [-0.25, -0.2) is 0 Å². The van der Waals surface area contributed by atoms with Gasteiger partial charge in [0.15, 0.2) is 0 Å². The van der Waals surface area contributed by atoms with Gasteiger partial charge in [-0.1, -0.05) is 27.2 Å². The van der Waals surface area contributed by atoms with E-state index >= 15 is 0 Å². The fourth-order valence-corrected chi connectivity index (χ4v) is 0.942. The Kier molecular flexibility index (Phi) is 8.03. The molecule has 0 fully saturated rings. The molecule has 0 aliphatic heterocycles. The first-order valence-corrected chi connectivity index (χ1v) is 4.68. The van der Waals surface area contributed by atoms with Crippen LogP contribution in [-0.2, 0) is 4.74 Å². The van der Waals surface area contributed by atoms with E-state index in [0.29, 0.717) is 0 Å². The zero-order valence-corrected chi connectivity index (χ0v) is 7.94. The van der Waals surface area contributed by atoms with Gasteiger partial charge in [0.2, 0.25) is 0 Å². The molecule has 0 amide bonds. The van der Waals surface area contributed by atoms with Gasteiger partial charge in [-0.3, -0.25) is 0 Å². The third-order valence-corrected chi connectivity index (χ3v) is 1.97. The van der Waals surface area contributed by atoms with Crippen molar-refractivity contribution >= 4 is 0 Å². The largest absolute Gasteiger partial charge is 0.381 e. The predicted octanol–water partition coefficient (Wildman–Crippen LogP) is 3.05. The zero-order chi connectivity index (χ0) is 8.53. The van der Waals surface area contributed by atoms with Gasteiger partial charge in [0.1, 0.15) is 0 Å². The monoisotopic (exact) mass is 157 g/mol. The van der Waals surface area contributed by atoms with E-state index in [9.17, 15) is 0 Å². The number of rotatable bonds is 7. The maximum atomic E-state index is 5.32. The molecule has 0 N–H and O–H groups in total. The van der Waals surface area contributed by atoms with Gasteiger partial charge < -0.3 is 4.74 Å². The van der Waals surface area contributed by atoms with Gasteiger partial charge in [0.05, 0.1) is 0 Å². The average Bonchev–Trinajstić information content (AvgIpc) is 2.04. The Morgan fingerprint density at radius 3 is 2.64 bits per heavy atom. The van der Waals surface area contributed by atoms with Crippen molar-refractivity contribution in [3.8, 4) is 0 Å². The molecule has 1 radical (unpaired) electrons. The Morgan fingerprint density at radius 2 is 2.09 bits per heavy atom. The molecule has 0 aromatic heterocycles. The van der Waals surface area contributed by atoms with E-state index in [0.717, 1.165) is 25.6 Å². The summed E-state index contributed by atoms with van der Waals surface area (Å²) in [4.78, 5) is 0. The summed E-state index contributed by atoms with van der Waals surface area (Å²) in [5.74, 6) is 0.860. The van der Waals surface area contributed by atoms with E-state index in [1.54, 1.807) is 0 Å². The molecule has 0 aromatic rings. The molecule has 0 bridgehead atoms. The van der Waals surface area contributed by atoms with Crippen molar-refractivity contribution < 1.29 is 4.74 Å². The minimum Gasteiger partial charge on any atom is -0.381 e. The zero-order valence-electron chi connectivity index (χ0n) is 7.94. The SMILES string of the molecule is [CH2]CCOCCCC(C)CC. The second-order valence-electron chi connectivity index (χ2n) is 3.12. The lowest BCUT2D eigenvalue weighted by Gasteiger charge is -2.07. The summed E-state index contributed by atoms with van der Waals surface area (Å²) in [5.41, 5.74) is 0. The Labute approximate surface area is 71.1 Å². The molecule has 0 heterocycles. The highest BCUT2D eigenvalue weighted by molar-refractivity contribution is 4.49. The summed E-state index contributed by atoms with van der Waals surface area (Å²) >= 11 is 0. The van der Waals surface area contributed by atoms with Crippen molar-refractivity contribution in [2.45, 2.75) is 39.5 Å². The van der Waals surface area contributed by atoms with Gasteiger partial charge in [0, 0.05) is 13.2 Å². The molecule has 0 spiro atoms. The standard InChI is InChI=1S/C10H21O/c1-4-8-11-9-6-7-10(3)5-2/h10H,1,4-9H2,2-3H3. The molecule has 11 heavy (non-hydrogen) atoms. The fourth-order valence-electron chi connectivity index (χ4n) is 0.942. The summed E-state index contributed by atoms with van der Waals surface area (Å²) in [5, 5.41) is 0. The second kappa shape index (κ2) is 8.06. The van der Waals surface area contributed by atoms with E-state index in [4.69, 9.17) is 4.74 Å². The van der Waals surface area contributed by atoms with Crippen molar-refractivity contribution in [2.24, 2.45) is 5.92 Å². The fraction of sp³-hybridized carbons (Fsp3) is 0.900. The topological polar surface area (TPSA) is 9.23 Å². The summed E-state index contributed by atoms with van der Waals surface area (Å²) in [6, 6.07) is 0. The van der Waals surface area contributed by atoms with Crippen LogP contribution in [0.4, 0.5) is 0 Å². The Bertz CT molecular complexity index is 71.3. The van der Waals surface area contributed by atoms with Crippen LogP contribution >= 0.6 is 0 Å². The average molecular weight is 157 g/mol. The Balaban J connectivity index is 2.89. The Morgan fingerprint density at radius 1 is 1.36 bits per heavy atom. The first-order valence-electron chi connectivity index (χ1n) is 4.68. The lowest BCUT2D eigenvalue weighted by Crippen LogP contribution is -1.99.